The van der Waals surface area contributed by atoms with Crippen LogP contribution in [0, 0.1) is 0 Å². The second kappa shape index (κ2) is 7.48. The molecule has 1 aliphatic rings. The Hall–Kier alpha value is -3.60. The lowest BCUT2D eigenvalue weighted by Crippen LogP contribution is -2.24. The van der Waals surface area contributed by atoms with Gasteiger partial charge < -0.3 is 14.7 Å². The van der Waals surface area contributed by atoms with Crippen molar-refractivity contribution in [3.63, 3.8) is 0 Å². The van der Waals surface area contributed by atoms with Gasteiger partial charge in [0.15, 0.2) is 10.8 Å². The summed E-state index contributed by atoms with van der Waals surface area (Å²) in [5.41, 5.74) is -0.281. The van der Waals surface area contributed by atoms with Crippen LogP contribution in [0.1, 0.15) is 49.4 Å². The van der Waals surface area contributed by atoms with Crippen LogP contribution < -0.4 is 10.9 Å². The highest BCUT2D eigenvalue weighted by molar-refractivity contribution is 6.29. The fourth-order valence-corrected chi connectivity index (χ4v) is 4.58. The van der Waals surface area contributed by atoms with Crippen molar-refractivity contribution in [2.45, 2.75) is 38.0 Å². The number of fused-ring (bicyclic) bond motifs is 3. The largest absolute Gasteiger partial charge is 0.444 e. The Kier molecular flexibility index (Phi) is 4.82. The highest BCUT2D eigenvalue weighted by Gasteiger charge is 2.43. The first-order valence-corrected chi connectivity index (χ1v) is 10.3. The third-order valence-electron chi connectivity index (χ3n) is 5.73. The summed E-state index contributed by atoms with van der Waals surface area (Å²) in [6.45, 7) is 3.94. The molecular weight excluding hydrogens is 458 g/mol. The number of rotatable bonds is 4. The SMILES string of the molecule is CC1(C)C[C@H](C(=O)Nc2cc(C(F)F)c(-c3ncco3)c(=O)[nH]2)c2cnc3cc(Cl)nn3c21. The van der Waals surface area contributed by atoms with Crippen LogP contribution in [0.3, 0.4) is 0 Å². The first-order valence-electron chi connectivity index (χ1n) is 9.96. The zero-order valence-corrected chi connectivity index (χ0v) is 18.2. The van der Waals surface area contributed by atoms with Gasteiger partial charge in [-0.25, -0.2) is 23.3 Å². The van der Waals surface area contributed by atoms with Gasteiger partial charge in [0.25, 0.3) is 12.0 Å². The van der Waals surface area contributed by atoms with Crippen LogP contribution in [0.15, 0.2) is 40.0 Å². The van der Waals surface area contributed by atoms with Crippen LogP contribution in [0.25, 0.3) is 17.1 Å². The summed E-state index contributed by atoms with van der Waals surface area (Å²) in [5.74, 6) is -1.50. The number of carbonyl (C=O) groups excluding carboxylic acids is 1. The molecule has 0 aromatic carbocycles. The zero-order valence-electron chi connectivity index (χ0n) is 17.4. The minimum atomic E-state index is -2.99. The van der Waals surface area contributed by atoms with Crippen molar-refractivity contribution >= 4 is 29.0 Å². The van der Waals surface area contributed by atoms with E-state index in [0.29, 0.717) is 17.6 Å². The van der Waals surface area contributed by atoms with Crippen LogP contribution in [0.2, 0.25) is 5.15 Å². The van der Waals surface area contributed by atoms with E-state index in [2.05, 4.69) is 25.4 Å². The van der Waals surface area contributed by atoms with E-state index in [1.165, 1.54) is 12.5 Å². The number of carbonyl (C=O) groups is 1. The number of nitrogens with one attached hydrogen (secondary N) is 2. The maximum absolute atomic E-state index is 13.7. The third-order valence-corrected chi connectivity index (χ3v) is 5.92. The smallest absolute Gasteiger partial charge is 0.264 e. The number of hydrogen-bond donors (Lipinski definition) is 2. The van der Waals surface area contributed by atoms with Crippen molar-refractivity contribution in [3.05, 3.63) is 63.1 Å². The van der Waals surface area contributed by atoms with Crippen molar-refractivity contribution in [1.29, 1.82) is 0 Å². The number of amides is 1. The average Bonchev–Trinajstić information content (AvgIpc) is 3.44. The Balaban J connectivity index is 1.51. The van der Waals surface area contributed by atoms with Gasteiger partial charge in [0.05, 0.1) is 17.8 Å². The first kappa shape index (κ1) is 21.3. The number of nitrogens with zero attached hydrogens (tertiary/aromatic N) is 4. The number of hydrogen-bond acceptors (Lipinski definition) is 6. The lowest BCUT2D eigenvalue weighted by molar-refractivity contribution is -0.117. The Bertz CT molecular complexity index is 1440. The predicted octanol–water partition coefficient (Wildman–Crippen LogP) is 4.07. The third kappa shape index (κ3) is 3.48. The van der Waals surface area contributed by atoms with Gasteiger partial charge in [-0.3, -0.25) is 9.59 Å². The van der Waals surface area contributed by atoms with Gasteiger partial charge in [-0.05, 0) is 12.5 Å². The molecule has 4 aromatic heterocycles. The number of pyridine rings is 1. The minimum Gasteiger partial charge on any atom is -0.444 e. The van der Waals surface area contributed by atoms with Crippen LogP contribution in [-0.4, -0.2) is 30.5 Å². The normalized spacial score (nSPS) is 17.0. The molecule has 9 nitrogen and oxygen atoms in total. The molecule has 0 spiro atoms. The molecule has 2 N–H and O–H groups in total. The Labute approximate surface area is 189 Å². The highest BCUT2D eigenvalue weighted by atomic mass is 35.5. The molecule has 1 atom stereocenters. The number of halogens is 3. The van der Waals surface area contributed by atoms with Crippen LogP contribution >= 0.6 is 11.6 Å². The Morgan fingerprint density at radius 1 is 1.36 bits per heavy atom. The topological polar surface area (TPSA) is 118 Å². The summed E-state index contributed by atoms with van der Waals surface area (Å²) < 4.78 is 34.0. The van der Waals surface area contributed by atoms with E-state index < -0.39 is 34.8 Å². The van der Waals surface area contributed by atoms with Crippen LogP contribution in [0.5, 0.6) is 0 Å². The van der Waals surface area contributed by atoms with Gasteiger partial charge in [-0.1, -0.05) is 25.4 Å². The summed E-state index contributed by atoms with van der Waals surface area (Å²) in [6.07, 6.45) is 1.46. The summed E-state index contributed by atoms with van der Waals surface area (Å²) in [4.78, 5) is 36.3. The van der Waals surface area contributed by atoms with Gasteiger partial charge in [-0.2, -0.15) is 5.10 Å². The molecule has 1 amide bonds. The zero-order chi connectivity index (χ0) is 23.5. The molecule has 0 radical (unpaired) electrons. The van der Waals surface area contributed by atoms with Crippen molar-refractivity contribution in [2.75, 3.05) is 5.32 Å². The molecule has 33 heavy (non-hydrogen) atoms. The summed E-state index contributed by atoms with van der Waals surface area (Å²) in [6, 6.07) is 2.64. The number of anilines is 1. The lowest BCUT2D eigenvalue weighted by Gasteiger charge is -2.19. The molecule has 4 aromatic rings. The molecule has 0 saturated carbocycles. The fourth-order valence-electron chi connectivity index (χ4n) is 4.41. The molecule has 5 rings (SSSR count). The van der Waals surface area contributed by atoms with E-state index in [1.807, 2.05) is 13.8 Å². The molecule has 0 unspecified atom stereocenters. The number of aromatic nitrogens is 5. The standard InChI is InChI=1S/C21H17ClF2N6O3/c1-21(2)7-10(11-8-26-14-6-12(22)29-30(14)16(11)21)18(31)27-13-5-9(17(23)24)15(19(32)28-13)20-25-3-4-33-20/h3-6,8,10,17H,7H2,1-2H3,(H2,27,28,31,32)/t10-/m0/s1. The van der Waals surface area contributed by atoms with Gasteiger partial charge in [0.2, 0.25) is 11.8 Å². The molecular formula is C21H17ClF2N6O3. The van der Waals surface area contributed by atoms with E-state index in [9.17, 15) is 18.4 Å². The molecule has 0 fully saturated rings. The Morgan fingerprint density at radius 3 is 2.85 bits per heavy atom. The van der Waals surface area contributed by atoms with Crippen molar-refractivity contribution in [1.82, 2.24) is 24.6 Å². The van der Waals surface area contributed by atoms with Crippen LogP contribution in [0.4, 0.5) is 14.6 Å². The number of oxazole rings is 1. The molecule has 0 aliphatic heterocycles. The maximum Gasteiger partial charge on any atom is 0.264 e. The number of aromatic amines is 1. The predicted molar refractivity (Wildman–Crippen MR) is 115 cm³/mol. The monoisotopic (exact) mass is 474 g/mol. The molecule has 4 heterocycles. The number of H-pyrrole nitrogens is 1. The first-order chi connectivity index (χ1) is 15.7. The molecule has 1 aliphatic carbocycles. The minimum absolute atomic E-state index is 0.155. The van der Waals surface area contributed by atoms with Crippen molar-refractivity contribution < 1.29 is 18.0 Å². The quantitative estimate of drug-likeness (QED) is 0.460. The summed E-state index contributed by atoms with van der Waals surface area (Å²) in [5, 5.41) is 7.12. The van der Waals surface area contributed by atoms with Gasteiger partial charge in [0.1, 0.15) is 17.6 Å². The maximum atomic E-state index is 13.7. The van der Waals surface area contributed by atoms with Gasteiger partial charge in [-0.15, -0.1) is 0 Å². The Morgan fingerprint density at radius 2 is 2.15 bits per heavy atom. The molecule has 170 valence electrons. The van der Waals surface area contributed by atoms with E-state index in [1.54, 1.807) is 16.8 Å². The second-order valence-corrected chi connectivity index (χ2v) is 8.80. The number of alkyl halides is 2. The van der Waals surface area contributed by atoms with Gasteiger partial charge >= 0.3 is 0 Å². The van der Waals surface area contributed by atoms with E-state index in [0.717, 1.165) is 11.8 Å². The van der Waals surface area contributed by atoms with Crippen molar-refractivity contribution in [2.24, 2.45) is 0 Å². The van der Waals surface area contributed by atoms with E-state index in [-0.39, 0.29) is 22.4 Å². The second-order valence-electron chi connectivity index (χ2n) is 8.41. The van der Waals surface area contributed by atoms with E-state index >= 15 is 0 Å². The summed E-state index contributed by atoms with van der Waals surface area (Å²) >= 11 is 6.03. The molecule has 12 heteroatoms. The summed E-state index contributed by atoms with van der Waals surface area (Å²) in [7, 11) is 0. The molecule has 0 bridgehead atoms. The average molecular weight is 475 g/mol. The van der Waals surface area contributed by atoms with Crippen LogP contribution in [-0.2, 0) is 10.2 Å². The van der Waals surface area contributed by atoms with E-state index in [4.69, 9.17) is 16.0 Å². The van der Waals surface area contributed by atoms with Gasteiger partial charge in [0, 0.05) is 28.8 Å². The lowest BCUT2D eigenvalue weighted by atomic mass is 9.88. The molecule has 0 saturated heterocycles. The fraction of sp³-hybridized carbons (Fsp3) is 0.286. The van der Waals surface area contributed by atoms with Crippen molar-refractivity contribution in [3.8, 4) is 11.5 Å². The highest BCUT2D eigenvalue weighted by Crippen LogP contribution is 2.46.